The van der Waals surface area contributed by atoms with Crippen molar-refractivity contribution in [1.82, 2.24) is 15.0 Å². The van der Waals surface area contributed by atoms with Gasteiger partial charge in [-0.15, -0.1) is 11.3 Å². The van der Waals surface area contributed by atoms with Gasteiger partial charge in [-0.05, 0) is 58.2 Å². The van der Waals surface area contributed by atoms with Crippen LogP contribution in [-0.2, 0) is 6.42 Å². The van der Waals surface area contributed by atoms with Crippen LogP contribution in [-0.4, -0.2) is 21.5 Å². The average molecular weight is 361 g/mol. The minimum Gasteiger partial charge on any atom is -0.354 e. The molecule has 106 valence electrons. The summed E-state index contributed by atoms with van der Waals surface area (Å²) in [6.45, 7) is 0.793. The van der Waals surface area contributed by atoms with E-state index in [1.165, 1.54) is 5.56 Å². The van der Waals surface area contributed by atoms with E-state index in [0.29, 0.717) is 5.95 Å². The minimum absolute atomic E-state index is 0.658. The Balaban J connectivity index is 1.64. The van der Waals surface area contributed by atoms with Gasteiger partial charge in [0.15, 0.2) is 0 Å². The van der Waals surface area contributed by atoms with Crippen LogP contribution in [0, 0.1) is 0 Å². The van der Waals surface area contributed by atoms with Gasteiger partial charge in [-0.25, -0.2) is 9.97 Å². The number of thiophene rings is 1. The molecular weight excluding hydrogens is 348 g/mol. The van der Waals surface area contributed by atoms with Crippen molar-refractivity contribution in [1.29, 1.82) is 0 Å². The molecule has 0 amide bonds. The average Bonchev–Trinajstić information content (AvgIpc) is 2.95. The largest absolute Gasteiger partial charge is 0.354 e. The Morgan fingerprint density at radius 2 is 1.90 bits per heavy atom. The normalized spacial score (nSPS) is 10.5. The molecule has 0 atom stereocenters. The van der Waals surface area contributed by atoms with Crippen molar-refractivity contribution in [3.63, 3.8) is 0 Å². The third-order valence-corrected chi connectivity index (χ3v) is 4.57. The number of hydrogen-bond donors (Lipinski definition) is 1. The van der Waals surface area contributed by atoms with Gasteiger partial charge in [0, 0.05) is 25.1 Å². The Bertz CT molecular complexity index is 714. The summed E-state index contributed by atoms with van der Waals surface area (Å²) in [4.78, 5) is 13.9. The highest BCUT2D eigenvalue weighted by molar-refractivity contribution is 9.11. The van der Waals surface area contributed by atoms with Crippen LogP contribution in [0.3, 0.4) is 0 Å². The number of nitrogens with zero attached hydrogens (tertiary/aromatic N) is 3. The van der Waals surface area contributed by atoms with E-state index in [1.54, 1.807) is 29.9 Å². The van der Waals surface area contributed by atoms with E-state index >= 15 is 0 Å². The van der Waals surface area contributed by atoms with Crippen LogP contribution in [0.5, 0.6) is 0 Å². The second-order valence-corrected chi connectivity index (χ2v) is 6.86. The molecule has 0 fully saturated rings. The maximum Gasteiger partial charge on any atom is 0.223 e. The molecule has 1 N–H and O–H groups in total. The molecule has 0 unspecified atom stereocenters. The van der Waals surface area contributed by atoms with E-state index in [2.05, 4.69) is 42.3 Å². The van der Waals surface area contributed by atoms with Gasteiger partial charge in [-0.2, -0.15) is 0 Å². The lowest BCUT2D eigenvalue weighted by atomic mass is 10.2. The number of rotatable bonds is 5. The first-order chi connectivity index (χ1) is 10.3. The highest BCUT2D eigenvalue weighted by Gasteiger charge is 2.04. The van der Waals surface area contributed by atoms with E-state index in [1.807, 2.05) is 24.3 Å². The number of nitrogens with one attached hydrogen (secondary N) is 1. The van der Waals surface area contributed by atoms with Crippen molar-refractivity contribution < 1.29 is 0 Å². The molecule has 0 aliphatic rings. The molecule has 3 aromatic rings. The molecule has 0 radical (unpaired) electrons. The van der Waals surface area contributed by atoms with Crippen molar-refractivity contribution in [2.75, 3.05) is 11.9 Å². The number of anilines is 1. The van der Waals surface area contributed by atoms with Crippen LogP contribution < -0.4 is 5.32 Å². The molecule has 4 nitrogen and oxygen atoms in total. The highest BCUT2D eigenvalue weighted by Crippen LogP contribution is 2.30. The van der Waals surface area contributed by atoms with Crippen molar-refractivity contribution in [3.8, 4) is 10.6 Å². The van der Waals surface area contributed by atoms with Crippen LogP contribution >= 0.6 is 27.3 Å². The SMILES string of the molecule is Brc1ccc(-c2ccnc(NCCc3ccncc3)n2)s1. The van der Waals surface area contributed by atoms with Crippen molar-refractivity contribution in [2.24, 2.45) is 0 Å². The Kier molecular flexibility index (Phi) is 4.57. The zero-order valence-corrected chi connectivity index (χ0v) is 13.6. The molecule has 0 saturated carbocycles. The van der Waals surface area contributed by atoms with Crippen molar-refractivity contribution in [3.05, 3.63) is 58.3 Å². The molecule has 0 bridgehead atoms. The van der Waals surface area contributed by atoms with Gasteiger partial charge >= 0.3 is 0 Å². The first-order valence-corrected chi connectivity index (χ1v) is 8.14. The number of pyridine rings is 1. The van der Waals surface area contributed by atoms with Crippen LogP contribution in [0.1, 0.15) is 5.56 Å². The molecule has 0 spiro atoms. The zero-order valence-electron chi connectivity index (χ0n) is 11.2. The minimum atomic E-state index is 0.658. The number of hydrogen-bond acceptors (Lipinski definition) is 5. The zero-order chi connectivity index (χ0) is 14.5. The monoisotopic (exact) mass is 360 g/mol. The molecule has 0 saturated heterocycles. The third kappa shape index (κ3) is 3.86. The van der Waals surface area contributed by atoms with E-state index in [4.69, 9.17) is 0 Å². The molecule has 21 heavy (non-hydrogen) atoms. The summed E-state index contributed by atoms with van der Waals surface area (Å²) in [7, 11) is 0. The lowest BCUT2D eigenvalue weighted by Crippen LogP contribution is -2.08. The third-order valence-electron chi connectivity index (χ3n) is 2.93. The summed E-state index contributed by atoms with van der Waals surface area (Å²) in [5.41, 5.74) is 2.18. The number of aromatic nitrogens is 3. The van der Waals surface area contributed by atoms with Crippen molar-refractivity contribution in [2.45, 2.75) is 6.42 Å². The maximum absolute atomic E-state index is 4.54. The first kappa shape index (κ1) is 14.2. The summed E-state index contributed by atoms with van der Waals surface area (Å²) in [6, 6.07) is 10.0. The molecule has 6 heteroatoms. The van der Waals surface area contributed by atoms with Gasteiger partial charge in [-0.3, -0.25) is 4.98 Å². The summed E-state index contributed by atoms with van der Waals surface area (Å²) < 4.78 is 1.10. The topological polar surface area (TPSA) is 50.7 Å². The van der Waals surface area contributed by atoms with Crippen LogP contribution in [0.2, 0.25) is 0 Å². The van der Waals surface area contributed by atoms with Gasteiger partial charge in [0.1, 0.15) is 0 Å². The second-order valence-electron chi connectivity index (χ2n) is 4.40. The molecule has 3 aromatic heterocycles. The smallest absolute Gasteiger partial charge is 0.223 e. The van der Waals surface area contributed by atoms with E-state index in [-0.39, 0.29) is 0 Å². The Labute approximate surface area is 135 Å². The molecule has 3 rings (SSSR count). The lowest BCUT2D eigenvalue weighted by molar-refractivity contribution is 0.981. The van der Waals surface area contributed by atoms with Crippen molar-refractivity contribution >= 4 is 33.2 Å². The molecule has 0 aliphatic carbocycles. The predicted octanol–water partition coefficient (Wildman–Crippen LogP) is 4.02. The highest BCUT2D eigenvalue weighted by atomic mass is 79.9. The first-order valence-electron chi connectivity index (χ1n) is 6.53. The van der Waals surface area contributed by atoms with Gasteiger partial charge in [0.25, 0.3) is 0 Å². The Morgan fingerprint density at radius 1 is 1.05 bits per heavy atom. The summed E-state index contributed by atoms with van der Waals surface area (Å²) >= 11 is 5.13. The van der Waals surface area contributed by atoms with Crippen LogP contribution in [0.4, 0.5) is 5.95 Å². The van der Waals surface area contributed by atoms with Gasteiger partial charge in [0.2, 0.25) is 5.95 Å². The Morgan fingerprint density at radius 3 is 2.67 bits per heavy atom. The van der Waals surface area contributed by atoms with Crippen LogP contribution in [0.15, 0.2) is 52.7 Å². The number of halogens is 1. The molecular formula is C15H13BrN4S. The molecule has 0 aliphatic heterocycles. The second kappa shape index (κ2) is 6.78. The fraction of sp³-hybridized carbons (Fsp3) is 0.133. The molecule has 3 heterocycles. The molecule has 0 aromatic carbocycles. The summed E-state index contributed by atoms with van der Waals surface area (Å²) in [5, 5.41) is 3.26. The quantitative estimate of drug-likeness (QED) is 0.746. The van der Waals surface area contributed by atoms with Gasteiger partial charge in [-0.1, -0.05) is 0 Å². The van der Waals surface area contributed by atoms with E-state index < -0.39 is 0 Å². The van der Waals surface area contributed by atoms with Gasteiger partial charge in [0.05, 0.1) is 14.4 Å². The fourth-order valence-electron chi connectivity index (χ4n) is 1.90. The van der Waals surface area contributed by atoms with E-state index in [9.17, 15) is 0 Å². The summed E-state index contributed by atoms with van der Waals surface area (Å²) in [6.07, 6.45) is 6.31. The summed E-state index contributed by atoms with van der Waals surface area (Å²) in [5.74, 6) is 0.658. The maximum atomic E-state index is 4.54. The van der Waals surface area contributed by atoms with Gasteiger partial charge < -0.3 is 5.32 Å². The Hall–Kier alpha value is -1.79. The van der Waals surface area contributed by atoms with Crippen LogP contribution in [0.25, 0.3) is 10.6 Å². The van der Waals surface area contributed by atoms with E-state index in [0.717, 1.165) is 27.3 Å². The predicted molar refractivity (Wildman–Crippen MR) is 89.5 cm³/mol. The fourth-order valence-corrected chi connectivity index (χ4v) is 3.26. The standard InChI is InChI=1S/C15H13BrN4S/c16-14-2-1-13(21-14)12-6-10-19-15(20-12)18-9-5-11-3-7-17-8-4-11/h1-4,6-8,10H,5,9H2,(H,18,19,20). The lowest BCUT2D eigenvalue weighted by Gasteiger charge is -2.05.